The fourth-order valence-corrected chi connectivity index (χ4v) is 8.73. The predicted molar refractivity (Wildman–Crippen MR) is 207 cm³/mol. The molecule has 0 aliphatic heterocycles. The lowest BCUT2D eigenvalue weighted by molar-refractivity contribution is 1.18. The van der Waals surface area contributed by atoms with E-state index in [2.05, 4.69) is 180 Å². The maximum absolute atomic E-state index is 2.44. The van der Waals surface area contributed by atoms with Gasteiger partial charge in [-0.15, -0.1) is 11.3 Å². The Morgan fingerprint density at radius 1 is 0.354 bits per heavy atom. The number of benzene rings is 8. The second-order valence-electron chi connectivity index (χ2n) is 12.5. The molecule has 0 spiro atoms. The molecule has 10 aromatic rings. The van der Waals surface area contributed by atoms with Crippen molar-refractivity contribution < 1.29 is 0 Å². The molecule has 224 valence electrons. The lowest BCUT2D eigenvalue weighted by Gasteiger charge is -2.14. The Hall–Kier alpha value is -5.96. The predicted octanol–water partition coefficient (Wildman–Crippen LogP) is 13.3. The molecule has 0 unspecified atom stereocenters. The van der Waals surface area contributed by atoms with Crippen LogP contribution < -0.4 is 0 Å². The highest BCUT2D eigenvalue weighted by atomic mass is 32.1. The third-order valence-electron chi connectivity index (χ3n) is 9.81. The van der Waals surface area contributed by atoms with E-state index in [0.717, 1.165) is 5.69 Å². The quantitative estimate of drug-likeness (QED) is 0.183. The summed E-state index contributed by atoms with van der Waals surface area (Å²) in [5.74, 6) is 0. The molecule has 2 heterocycles. The molecule has 0 fully saturated rings. The number of hydrogen-bond donors (Lipinski definition) is 0. The van der Waals surface area contributed by atoms with Crippen LogP contribution in [0.5, 0.6) is 0 Å². The first kappa shape index (κ1) is 27.2. The van der Waals surface area contributed by atoms with Gasteiger partial charge in [-0.05, 0) is 81.2 Å². The minimum atomic E-state index is 1.16. The van der Waals surface area contributed by atoms with Crippen LogP contribution in [0.4, 0.5) is 0 Å². The van der Waals surface area contributed by atoms with E-state index in [0.29, 0.717) is 0 Å². The molecule has 0 aliphatic rings. The Kier molecular flexibility index (Phi) is 6.12. The Labute approximate surface area is 282 Å². The molecule has 0 N–H and O–H groups in total. The van der Waals surface area contributed by atoms with Gasteiger partial charge in [0.15, 0.2) is 0 Å². The van der Waals surface area contributed by atoms with Gasteiger partial charge < -0.3 is 4.57 Å². The molecule has 2 heteroatoms. The van der Waals surface area contributed by atoms with E-state index in [1.165, 1.54) is 86.1 Å². The zero-order valence-corrected chi connectivity index (χ0v) is 26.9. The topological polar surface area (TPSA) is 4.93 Å². The number of nitrogens with zero attached hydrogens (tertiary/aromatic N) is 1. The van der Waals surface area contributed by atoms with E-state index in [4.69, 9.17) is 0 Å². The summed E-state index contributed by atoms with van der Waals surface area (Å²) >= 11 is 1.89. The van der Waals surface area contributed by atoms with E-state index >= 15 is 0 Å². The van der Waals surface area contributed by atoms with Crippen LogP contribution in [-0.2, 0) is 0 Å². The van der Waals surface area contributed by atoms with Crippen molar-refractivity contribution in [2.45, 2.75) is 0 Å². The highest BCUT2D eigenvalue weighted by Crippen LogP contribution is 2.45. The average molecular weight is 628 g/mol. The Morgan fingerprint density at radius 3 is 1.81 bits per heavy atom. The van der Waals surface area contributed by atoms with Crippen LogP contribution >= 0.6 is 11.3 Å². The second kappa shape index (κ2) is 10.8. The first-order valence-electron chi connectivity index (χ1n) is 16.4. The summed E-state index contributed by atoms with van der Waals surface area (Å²) < 4.78 is 5.12. The van der Waals surface area contributed by atoms with Gasteiger partial charge in [0, 0.05) is 42.0 Å². The highest BCUT2D eigenvalue weighted by Gasteiger charge is 2.18. The molecule has 0 amide bonds. The molecule has 0 radical (unpaired) electrons. The molecular formula is C46H29NS. The van der Waals surface area contributed by atoms with Gasteiger partial charge in [0.2, 0.25) is 0 Å². The summed E-state index contributed by atoms with van der Waals surface area (Å²) in [6.45, 7) is 0. The van der Waals surface area contributed by atoms with Crippen molar-refractivity contribution in [2.24, 2.45) is 0 Å². The fraction of sp³-hybridized carbons (Fsp3) is 0. The first-order chi connectivity index (χ1) is 23.8. The molecule has 1 nitrogen and oxygen atoms in total. The van der Waals surface area contributed by atoms with Gasteiger partial charge >= 0.3 is 0 Å². The molecule has 2 aromatic heterocycles. The van der Waals surface area contributed by atoms with Crippen molar-refractivity contribution in [2.75, 3.05) is 0 Å². The molecule has 10 rings (SSSR count). The maximum atomic E-state index is 2.44. The number of fused-ring (bicyclic) bond motifs is 9. The lowest BCUT2D eigenvalue weighted by atomic mass is 9.91. The SMILES string of the molecule is c1ccc(-c2ccc(-c3ccc(-n4c5ccccc5c5c6c(ccc7sc8ccccc8c76)ccc54)cc3)c(-c3ccccc3)c2)cc1. The fourth-order valence-electron chi connectivity index (χ4n) is 7.62. The van der Waals surface area contributed by atoms with E-state index in [1.807, 2.05) is 11.3 Å². The van der Waals surface area contributed by atoms with Crippen molar-refractivity contribution in [3.05, 3.63) is 176 Å². The van der Waals surface area contributed by atoms with Crippen LogP contribution in [0.15, 0.2) is 176 Å². The van der Waals surface area contributed by atoms with Crippen LogP contribution in [0.1, 0.15) is 0 Å². The summed E-state index contributed by atoms with van der Waals surface area (Å²) in [5, 5.41) is 7.94. The van der Waals surface area contributed by atoms with Crippen molar-refractivity contribution >= 4 is 64.1 Å². The van der Waals surface area contributed by atoms with E-state index < -0.39 is 0 Å². The maximum Gasteiger partial charge on any atom is 0.0547 e. The molecule has 0 saturated carbocycles. The summed E-state index contributed by atoms with van der Waals surface area (Å²) in [5.41, 5.74) is 11.0. The van der Waals surface area contributed by atoms with Crippen LogP contribution in [0.3, 0.4) is 0 Å². The summed E-state index contributed by atoms with van der Waals surface area (Å²) in [7, 11) is 0. The number of thiophene rings is 1. The second-order valence-corrected chi connectivity index (χ2v) is 13.6. The molecule has 0 bridgehead atoms. The summed E-state index contributed by atoms with van der Waals surface area (Å²) in [4.78, 5) is 0. The Bertz CT molecular complexity index is 2800. The molecule has 0 aliphatic carbocycles. The number of hydrogen-bond acceptors (Lipinski definition) is 1. The van der Waals surface area contributed by atoms with E-state index in [-0.39, 0.29) is 0 Å². The minimum Gasteiger partial charge on any atom is -0.309 e. The van der Waals surface area contributed by atoms with E-state index in [9.17, 15) is 0 Å². The van der Waals surface area contributed by atoms with E-state index in [1.54, 1.807) is 0 Å². The molecule has 48 heavy (non-hydrogen) atoms. The van der Waals surface area contributed by atoms with Gasteiger partial charge in [0.1, 0.15) is 0 Å². The smallest absolute Gasteiger partial charge is 0.0547 e. The first-order valence-corrected chi connectivity index (χ1v) is 17.3. The zero-order chi connectivity index (χ0) is 31.6. The normalized spacial score (nSPS) is 11.8. The van der Waals surface area contributed by atoms with Crippen molar-refractivity contribution in [1.29, 1.82) is 0 Å². The summed E-state index contributed by atoms with van der Waals surface area (Å²) in [6, 6.07) is 64.3. The monoisotopic (exact) mass is 627 g/mol. The van der Waals surface area contributed by atoms with Crippen molar-refractivity contribution in [3.63, 3.8) is 0 Å². The number of rotatable bonds is 4. The van der Waals surface area contributed by atoms with Crippen molar-refractivity contribution in [3.8, 4) is 39.1 Å². The standard InChI is InChI=1S/C46H29NS/c1-3-11-30(12-4-1)34-21-26-36(39(29-34)31-13-5-2-6-14-31)32-19-24-35(25-20-32)47-40-17-9-7-15-37(40)45-41(47)27-22-33-23-28-43-46(44(33)45)38-16-8-10-18-42(38)48-43/h1-29H. The van der Waals surface area contributed by atoms with Crippen LogP contribution in [0, 0.1) is 0 Å². The van der Waals surface area contributed by atoms with Gasteiger partial charge in [-0.3, -0.25) is 0 Å². The van der Waals surface area contributed by atoms with Crippen LogP contribution in [0.2, 0.25) is 0 Å². The number of aromatic nitrogens is 1. The van der Waals surface area contributed by atoms with Crippen LogP contribution in [0.25, 0.3) is 91.8 Å². The molecular weight excluding hydrogens is 599 g/mol. The Balaban J connectivity index is 1.17. The average Bonchev–Trinajstić information content (AvgIpc) is 3.71. The number of para-hydroxylation sites is 1. The van der Waals surface area contributed by atoms with Gasteiger partial charge in [-0.2, -0.15) is 0 Å². The third-order valence-corrected chi connectivity index (χ3v) is 10.9. The highest BCUT2D eigenvalue weighted by molar-refractivity contribution is 7.26. The van der Waals surface area contributed by atoms with Gasteiger partial charge in [-0.25, -0.2) is 0 Å². The third kappa shape index (κ3) is 4.17. The molecule has 0 saturated heterocycles. The largest absolute Gasteiger partial charge is 0.309 e. The summed E-state index contributed by atoms with van der Waals surface area (Å²) in [6.07, 6.45) is 0. The zero-order valence-electron chi connectivity index (χ0n) is 26.1. The van der Waals surface area contributed by atoms with Gasteiger partial charge in [0.25, 0.3) is 0 Å². The molecule has 8 aromatic carbocycles. The van der Waals surface area contributed by atoms with Gasteiger partial charge in [-0.1, -0.05) is 133 Å². The molecule has 0 atom stereocenters. The lowest BCUT2D eigenvalue weighted by Crippen LogP contribution is -1.94. The van der Waals surface area contributed by atoms with Gasteiger partial charge in [0.05, 0.1) is 11.0 Å². The minimum absolute atomic E-state index is 1.16. The Morgan fingerprint density at radius 2 is 1.00 bits per heavy atom. The van der Waals surface area contributed by atoms with Crippen molar-refractivity contribution in [1.82, 2.24) is 4.57 Å². The van der Waals surface area contributed by atoms with Crippen LogP contribution in [-0.4, -0.2) is 4.57 Å².